The summed E-state index contributed by atoms with van der Waals surface area (Å²) in [5.41, 5.74) is -7.40. The van der Waals surface area contributed by atoms with Crippen LogP contribution in [0.3, 0.4) is 0 Å². The van der Waals surface area contributed by atoms with Crippen molar-refractivity contribution in [1.82, 2.24) is 4.98 Å². The summed E-state index contributed by atoms with van der Waals surface area (Å²) in [6.07, 6.45) is 0. The normalized spacial score (nSPS) is 10.4. The summed E-state index contributed by atoms with van der Waals surface area (Å²) in [6, 6.07) is 0.570. The van der Waals surface area contributed by atoms with Crippen molar-refractivity contribution in [2.75, 3.05) is 0 Å². The van der Waals surface area contributed by atoms with Gasteiger partial charge < -0.3 is 10.1 Å². The molecular formula is C10H4N4O9. The van der Waals surface area contributed by atoms with E-state index in [1.165, 1.54) is 0 Å². The number of aromatic amines is 1. The highest BCUT2D eigenvalue weighted by Crippen LogP contribution is 2.37. The summed E-state index contributed by atoms with van der Waals surface area (Å²) < 4.78 is 0. The molecule has 118 valence electrons. The highest BCUT2D eigenvalue weighted by molar-refractivity contribution is 5.98. The fourth-order valence-corrected chi connectivity index (χ4v) is 1.92. The zero-order valence-corrected chi connectivity index (χ0v) is 10.7. The first-order valence-electron chi connectivity index (χ1n) is 5.55. The Morgan fingerprint density at radius 3 is 1.96 bits per heavy atom. The topological polar surface area (TPSA) is 200 Å². The lowest BCUT2D eigenvalue weighted by molar-refractivity contribution is -0.423. The number of hydrogen-bond acceptors (Lipinski definition) is 9. The molecule has 0 saturated carbocycles. The van der Waals surface area contributed by atoms with Crippen LogP contribution in [-0.4, -0.2) is 24.9 Å². The fraction of sp³-hybridized carbons (Fsp3) is 0. The van der Waals surface area contributed by atoms with Gasteiger partial charge in [-0.3, -0.25) is 39.9 Å². The van der Waals surface area contributed by atoms with E-state index in [0.29, 0.717) is 6.07 Å². The Hall–Kier alpha value is -3.90. The van der Waals surface area contributed by atoms with E-state index in [-0.39, 0.29) is 6.07 Å². The van der Waals surface area contributed by atoms with Crippen LogP contribution in [0.1, 0.15) is 0 Å². The number of nitrogens with one attached hydrogen (secondary N) is 1. The molecule has 0 spiro atoms. The standard InChI is InChI=1S/C10H4N4O9/c15-5-2-6(16)10(17)11-8-7(5)3(12(18)19)1-4(13(20)21)9(8)14(22)23/h1-2,16H,(H,11,17). The third-order valence-corrected chi connectivity index (χ3v) is 2.82. The van der Waals surface area contributed by atoms with Crippen LogP contribution in [0.25, 0.3) is 10.9 Å². The number of rotatable bonds is 3. The Kier molecular flexibility index (Phi) is 3.46. The summed E-state index contributed by atoms with van der Waals surface area (Å²) in [5.74, 6) is -1.16. The van der Waals surface area contributed by atoms with Gasteiger partial charge in [0.15, 0.2) is 11.2 Å². The number of H-pyrrole nitrogens is 1. The molecule has 13 nitrogen and oxygen atoms in total. The maximum absolute atomic E-state index is 11.9. The van der Waals surface area contributed by atoms with E-state index in [0.717, 1.165) is 0 Å². The van der Waals surface area contributed by atoms with Gasteiger partial charge in [0.05, 0.1) is 14.8 Å². The molecule has 1 heterocycles. The lowest BCUT2D eigenvalue weighted by atomic mass is 10.1. The Bertz CT molecular complexity index is 1010. The van der Waals surface area contributed by atoms with E-state index in [9.17, 15) is 45.0 Å². The van der Waals surface area contributed by atoms with Crippen LogP contribution in [-0.2, 0) is 0 Å². The van der Waals surface area contributed by atoms with Crippen LogP contribution in [0.15, 0.2) is 21.7 Å². The van der Waals surface area contributed by atoms with E-state index in [1.807, 2.05) is 0 Å². The maximum atomic E-state index is 11.9. The molecule has 0 radical (unpaired) electrons. The Labute approximate surface area is 122 Å². The van der Waals surface area contributed by atoms with E-state index >= 15 is 0 Å². The molecule has 2 rings (SSSR count). The first-order chi connectivity index (χ1) is 10.6. The van der Waals surface area contributed by atoms with E-state index in [4.69, 9.17) is 0 Å². The third kappa shape index (κ3) is 2.41. The summed E-state index contributed by atoms with van der Waals surface area (Å²) in [4.78, 5) is 54.5. The van der Waals surface area contributed by atoms with Gasteiger partial charge in [-0.25, -0.2) is 0 Å². The first kappa shape index (κ1) is 15.5. The molecule has 0 aliphatic heterocycles. The average molecular weight is 324 g/mol. The second-order valence-electron chi connectivity index (χ2n) is 4.13. The molecule has 0 unspecified atom stereocenters. The lowest BCUT2D eigenvalue weighted by Crippen LogP contribution is -2.06. The van der Waals surface area contributed by atoms with Gasteiger partial charge in [-0.15, -0.1) is 0 Å². The van der Waals surface area contributed by atoms with Crippen molar-refractivity contribution >= 4 is 28.0 Å². The molecule has 1 aromatic heterocycles. The van der Waals surface area contributed by atoms with Crippen molar-refractivity contribution in [3.8, 4) is 5.75 Å². The summed E-state index contributed by atoms with van der Waals surface area (Å²) >= 11 is 0. The van der Waals surface area contributed by atoms with Gasteiger partial charge >= 0.3 is 11.4 Å². The number of hydrogen-bond donors (Lipinski definition) is 2. The van der Waals surface area contributed by atoms with Crippen LogP contribution >= 0.6 is 0 Å². The van der Waals surface area contributed by atoms with Gasteiger partial charge in [0.1, 0.15) is 17.0 Å². The highest BCUT2D eigenvalue weighted by atomic mass is 16.6. The molecule has 0 atom stereocenters. The number of fused-ring (bicyclic) bond motifs is 1. The monoisotopic (exact) mass is 324 g/mol. The molecule has 1 aromatic carbocycles. The van der Waals surface area contributed by atoms with Gasteiger partial charge in [-0.2, -0.15) is 0 Å². The molecular weight excluding hydrogens is 320 g/mol. The quantitative estimate of drug-likeness (QED) is 0.588. The minimum atomic E-state index is -1.38. The van der Waals surface area contributed by atoms with Crippen molar-refractivity contribution in [1.29, 1.82) is 0 Å². The molecule has 23 heavy (non-hydrogen) atoms. The number of benzene rings is 1. The predicted octanol–water partition coefficient (Wildman–Crippen LogP) is 0.318. The summed E-state index contributed by atoms with van der Waals surface area (Å²) in [6.45, 7) is 0. The molecule has 13 heteroatoms. The van der Waals surface area contributed by atoms with Crippen molar-refractivity contribution < 1.29 is 19.9 Å². The molecule has 0 fully saturated rings. The lowest BCUT2D eigenvalue weighted by Gasteiger charge is -1.99. The van der Waals surface area contributed by atoms with Gasteiger partial charge in [0.2, 0.25) is 0 Å². The van der Waals surface area contributed by atoms with E-state index in [2.05, 4.69) is 0 Å². The second-order valence-corrected chi connectivity index (χ2v) is 4.13. The van der Waals surface area contributed by atoms with Gasteiger partial charge in [0, 0.05) is 6.07 Å². The highest BCUT2D eigenvalue weighted by Gasteiger charge is 2.35. The number of aromatic nitrogens is 1. The van der Waals surface area contributed by atoms with E-state index in [1.54, 1.807) is 4.98 Å². The van der Waals surface area contributed by atoms with E-state index < -0.39 is 59.5 Å². The SMILES string of the molecule is O=c1[nH]c2c([N+](=O)[O-])c([N+](=O)[O-])cc([N+](=O)[O-])c2c(=O)cc1O. The van der Waals surface area contributed by atoms with Crippen molar-refractivity contribution in [2.24, 2.45) is 0 Å². The maximum Gasteiger partial charge on any atom is 0.370 e. The Morgan fingerprint density at radius 2 is 1.48 bits per heavy atom. The smallest absolute Gasteiger partial charge is 0.370 e. The van der Waals surface area contributed by atoms with Gasteiger partial charge in [-0.05, 0) is 0 Å². The number of nitro benzene ring substituents is 3. The van der Waals surface area contributed by atoms with Crippen LogP contribution in [0.2, 0.25) is 0 Å². The molecule has 0 amide bonds. The largest absolute Gasteiger partial charge is 0.503 e. The number of non-ortho nitro benzene ring substituents is 1. The zero-order chi connectivity index (χ0) is 17.5. The Morgan fingerprint density at radius 1 is 0.913 bits per heavy atom. The predicted molar refractivity (Wildman–Crippen MR) is 72.5 cm³/mol. The Balaban J connectivity index is 3.34. The first-order valence-corrected chi connectivity index (χ1v) is 5.55. The number of nitrogens with zero attached hydrogens (tertiary/aromatic N) is 3. The van der Waals surface area contributed by atoms with Gasteiger partial charge in [0.25, 0.3) is 11.2 Å². The van der Waals surface area contributed by atoms with Crippen LogP contribution in [0.4, 0.5) is 17.1 Å². The zero-order valence-electron chi connectivity index (χ0n) is 10.7. The van der Waals surface area contributed by atoms with Crippen molar-refractivity contribution in [3.63, 3.8) is 0 Å². The van der Waals surface area contributed by atoms with Crippen LogP contribution in [0.5, 0.6) is 5.75 Å². The van der Waals surface area contributed by atoms with Crippen molar-refractivity contribution in [2.45, 2.75) is 0 Å². The fourth-order valence-electron chi connectivity index (χ4n) is 1.92. The molecule has 0 aliphatic carbocycles. The van der Waals surface area contributed by atoms with Crippen molar-refractivity contribution in [3.05, 3.63) is 63.1 Å². The molecule has 2 N–H and O–H groups in total. The summed E-state index contributed by atoms with van der Waals surface area (Å²) in [7, 11) is 0. The third-order valence-electron chi connectivity index (χ3n) is 2.82. The molecule has 0 aliphatic rings. The molecule has 2 aromatic rings. The minimum Gasteiger partial charge on any atom is -0.503 e. The number of nitro groups is 3. The van der Waals surface area contributed by atoms with Crippen LogP contribution in [0, 0.1) is 30.3 Å². The van der Waals surface area contributed by atoms with Gasteiger partial charge in [-0.1, -0.05) is 0 Å². The molecule has 0 bridgehead atoms. The average Bonchev–Trinajstić information content (AvgIpc) is 2.54. The van der Waals surface area contributed by atoms with Crippen LogP contribution < -0.4 is 11.0 Å². The minimum absolute atomic E-state index is 0.247. The molecule has 0 saturated heterocycles. The number of aromatic hydroxyl groups is 1. The second kappa shape index (κ2) is 5.14. The summed E-state index contributed by atoms with van der Waals surface area (Å²) in [5, 5.41) is 41.4.